The molecule has 0 aliphatic carbocycles. The van der Waals surface area contributed by atoms with Gasteiger partial charge in [0.1, 0.15) is 12.1 Å². The zero-order valence-corrected chi connectivity index (χ0v) is 12.4. The zero-order valence-electron chi connectivity index (χ0n) is 11.6. The summed E-state index contributed by atoms with van der Waals surface area (Å²) < 4.78 is 13.0. The molecule has 1 aromatic heterocycles. The molecule has 0 amide bonds. The first-order chi connectivity index (χ1) is 10.8. The number of pyridine rings is 1. The number of carbonyl (C=O) groups is 1. The molecular weight excluding hydrogens is 297 g/mol. The summed E-state index contributed by atoms with van der Waals surface area (Å²) in [5.74, 6) is -0.247. The highest BCUT2D eigenvalue weighted by Crippen LogP contribution is 2.35. The van der Waals surface area contributed by atoms with E-state index in [0.29, 0.717) is 5.56 Å². The Labute approximate surface area is 132 Å². The summed E-state index contributed by atoms with van der Waals surface area (Å²) in [5, 5.41) is 0. The number of halogens is 1. The van der Waals surface area contributed by atoms with Gasteiger partial charge < -0.3 is 0 Å². The Kier molecular flexibility index (Phi) is 4.30. The van der Waals surface area contributed by atoms with Gasteiger partial charge in [0, 0.05) is 33.3 Å². The van der Waals surface area contributed by atoms with Crippen molar-refractivity contribution in [2.24, 2.45) is 0 Å². The number of aldehydes is 1. The molecule has 0 aliphatic rings. The van der Waals surface area contributed by atoms with E-state index in [-0.39, 0.29) is 5.82 Å². The van der Waals surface area contributed by atoms with Crippen LogP contribution in [0.5, 0.6) is 0 Å². The number of nitrogens with zero attached hydrogens (tertiary/aromatic N) is 1. The van der Waals surface area contributed by atoms with Crippen LogP contribution in [0.4, 0.5) is 4.39 Å². The van der Waals surface area contributed by atoms with Crippen molar-refractivity contribution >= 4 is 18.0 Å². The molecular formula is C18H12FNOS. The molecule has 3 rings (SSSR count). The average molecular weight is 309 g/mol. The summed E-state index contributed by atoms with van der Waals surface area (Å²) >= 11 is 1.55. The van der Waals surface area contributed by atoms with Crippen LogP contribution in [0.2, 0.25) is 0 Å². The van der Waals surface area contributed by atoms with Gasteiger partial charge in [-0.05, 0) is 35.9 Å². The maximum absolute atomic E-state index is 13.0. The van der Waals surface area contributed by atoms with E-state index >= 15 is 0 Å². The van der Waals surface area contributed by atoms with Gasteiger partial charge >= 0.3 is 0 Å². The second-order valence-corrected chi connectivity index (χ2v) is 5.78. The van der Waals surface area contributed by atoms with Crippen molar-refractivity contribution in [1.82, 2.24) is 4.98 Å². The Morgan fingerprint density at radius 2 is 1.68 bits per heavy atom. The topological polar surface area (TPSA) is 30.0 Å². The van der Waals surface area contributed by atoms with Crippen LogP contribution in [0.1, 0.15) is 10.4 Å². The van der Waals surface area contributed by atoms with E-state index in [2.05, 4.69) is 4.98 Å². The molecule has 0 atom stereocenters. The van der Waals surface area contributed by atoms with Crippen LogP contribution in [0.25, 0.3) is 11.1 Å². The van der Waals surface area contributed by atoms with E-state index < -0.39 is 0 Å². The van der Waals surface area contributed by atoms with Crippen molar-refractivity contribution in [2.45, 2.75) is 9.79 Å². The van der Waals surface area contributed by atoms with Crippen molar-refractivity contribution in [3.8, 4) is 11.1 Å². The SMILES string of the molecule is O=Cc1ccc(-c2cnccc2Sc2ccc(F)cc2)cc1. The molecule has 0 aliphatic heterocycles. The van der Waals surface area contributed by atoms with Crippen LogP contribution in [0, 0.1) is 5.82 Å². The van der Waals surface area contributed by atoms with Gasteiger partial charge in [-0.3, -0.25) is 9.78 Å². The largest absolute Gasteiger partial charge is 0.298 e. The number of benzene rings is 2. The van der Waals surface area contributed by atoms with Crippen LogP contribution in [-0.4, -0.2) is 11.3 Å². The predicted octanol–water partition coefficient (Wildman–Crippen LogP) is 4.85. The Morgan fingerprint density at radius 1 is 0.955 bits per heavy atom. The fourth-order valence-electron chi connectivity index (χ4n) is 2.06. The Morgan fingerprint density at radius 3 is 2.36 bits per heavy atom. The number of rotatable bonds is 4. The van der Waals surface area contributed by atoms with Crippen LogP contribution in [-0.2, 0) is 0 Å². The zero-order chi connectivity index (χ0) is 15.4. The van der Waals surface area contributed by atoms with Crippen molar-refractivity contribution in [3.05, 3.63) is 78.4 Å². The third-order valence-corrected chi connectivity index (χ3v) is 4.26. The lowest BCUT2D eigenvalue weighted by atomic mass is 10.1. The molecule has 0 bridgehead atoms. The van der Waals surface area contributed by atoms with Gasteiger partial charge in [0.05, 0.1) is 0 Å². The molecule has 0 saturated carbocycles. The summed E-state index contributed by atoms with van der Waals surface area (Å²) in [7, 11) is 0. The Hall–Kier alpha value is -2.46. The molecule has 0 fully saturated rings. The fourth-order valence-corrected chi connectivity index (χ4v) is 2.99. The summed E-state index contributed by atoms with van der Waals surface area (Å²) in [4.78, 5) is 16.9. The maximum Gasteiger partial charge on any atom is 0.150 e. The summed E-state index contributed by atoms with van der Waals surface area (Å²) in [6.07, 6.45) is 4.35. The molecule has 3 aromatic rings. The monoisotopic (exact) mass is 309 g/mol. The van der Waals surface area contributed by atoms with Gasteiger partial charge in [0.15, 0.2) is 0 Å². The van der Waals surface area contributed by atoms with Crippen molar-refractivity contribution < 1.29 is 9.18 Å². The second kappa shape index (κ2) is 6.54. The van der Waals surface area contributed by atoms with Crippen LogP contribution in [0.15, 0.2) is 76.8 Å². The maximum atomic E-state index is 13.0. The molecule has 108 valence electrons. The van der Waals surface area contributed by atoms with Crippen molar-refractivity contribution in [1.29, 1.82) is 0 Å². The number of hydrogen-bond donors (Lipinski definition) is 0. The van der Waals surface area contributed by atoms with Crippen molar-refractivity contribution in [2.75, 3.05) is 0 Å². The second-order valence-electron chi connectivity index (χ2n) is 4.67. The molecule has 22 heavy (non-hydrogen) atoms. The Balaban J connectivity index is 1.95. The van der Waals surface area contributed by atoms with Gasteiger partial charge in [0.25, 0.3) is 0 Å². The summed E-state index contributed by atoms with van der Waals surface area (Å²) in [6.45, 7) is 0. The van der Waals surface area contributed by atoms with E-state index in [4.69, 9.17) is 0 Å². The van der Waals surface area contributed by atoms with E-state index in [1.54, 1.807) is 48.4 Å². The molecule has 0 N–H and O–H groups in total. The molecule has 0 saturated heterocycles. The van der Waals surface area contributed by atoms with Gasteiger partial charge in [-0.25, -0.2) is 4.39 Å². The van der Waals surface area contributed by atoms with Crippen LogP contribution in [0.3, 0.4) is 0 Å². The molecule has 0 spiro atoms. The highest BCUT2D eigenvalue weighted by atomic mass is 32.2. The smallest absolute Gasteiger partial charge is 0.150 e. The van der Waals surface area contributed by atoms with Crippen molar-refractivity contribution in [3.63, 3.8) is 0 Å². The number of aromatic nitrogens is 1. The third kappa shape index (κ3) is 3.23. The first kappa shape index (κ1) is 14.5. The van der Waals surface area contributed by atoms with Gasteiger partial charge in [-0.15, -0.1) is 0 Å². The fraction of sp³-hybridized carbons (Fsp3) is 0. The molecule has 4 heteroatoms. The number of hydrogen-bond acceptors (Lipinski definition) is 3. The lowest BCUT2D eigenvalue weighted by Crippen LogP contribution is -1.86. The minimum absolute atomic E-state index is 0.247. The van der Waals surface area contributed by atoms with Crippen LogP contribution < -0.4 is 0 Å². The quantitative estimate of drug-likeness (QED) is 0.645. The first-order valence-electron chi connectivity index (χ1n) is 6.69. The minimum atomic E-state index is -0.247. The van der Waals surface area contributed by atoms with Gasteiger partial charge in [-0.1, -0.05) is 36.0 Å². The standard InChI is InChI=1S/C18H12FNOS/c19-15-5-7-16(8-6-15)22-18-9-10-20-11-17(18)14-3-1-13(12-21)2-4-14/h1-12H. The third-order valence-electron chi connectivity index (χ3n) is 3.18. The van der Waals surface area contributed by atoms with Gasteiger partial charge in [0.2, 0.25) is 0 Å². The number of carbonyl (C=O) groups excluding carboxylic acids is 1. The molecule has 0 radical (unpaired) electrons. The van der Waals surface area contributed by atoms with E-state index in [0.717, 1.165) is 27.2 Å². The summed E-state index contributed by atoms with van der Waals surface area (Å²) in [6, 6.07) is 15.7. The van der Waals surface area contributed by atoms with E-state index in [1.807, 2.05) is 18.2 Å². The predicted molar refractivity (Wildman–Crippen MR) is 85.6 cm³/mol. The average Bonchev–Trinajstić information content (AvgIpc) is 2.58. The lowest BCUT2D eigenvalue weighted by molar-refractivity contribution is 0.112. The Bertz CT molecular complexity index is 785. The van der Waals surface area contributed by atoms with Gasteiger partial charge in [-0.2, -0.15) is 0 Å². The summed E-state index contributed by atoms with van der Waals surface area (Å²) in [5.41, 5.74) is 2.61. The lowest BCUT2D eigenvalue weighted by Gasteiger charge is -2.09. The molecule has 2 aromatic carbocycles. The van der Waals surface area contributed by atoms with E-state index in [1.165, 1.54) is 12.1 Å². The highest BCUT2D eigenvalue weighted by molar-refractivity contribution is 7.99. The molecule has 1 heterocycles. The highest BCUT2D eigenvalue weighted by Gasteiger charge is 2.07. The molecule has 0 unspecified atom stereocenters. The van der Waals surface area contributed by atoms with Crippen LogP contribution >= 0.6 is 11.8 Å². The van der Waals surface area contributed by atoms with E-state index in [9.17, 15) is 9.18 Å². The minimum Gasteiger partial charge on any atom is -0.298 e. The molecule has 2 nitrogen and oxygen atoms in total. The first-order valence-corrected chi connectivity index (χ1v) is 7.51. The normalized spacial score (nSPS) is 10.4.